The average molecular weight is 425 g/mol. The maximum atomic E-state index is 13.2. The Morgan fingerprint density at radius 1 is 1.16 bits per heavy atom. The second-order valence-corrected chi connectivity index (χ2v) is 10.4. The second-order valence-electron chi connectivity index (χ2n) is 10.4. The van der Waals surface area contributed by atoms with Gasteiger partial charge < -0.3 is 10.2 Å². The highest BCUT2D eigenvalue weighted by Crippen LogP contribution is 2.48. The zero-order chi connectivity index (χ0) is 21.4. The predicted molar refractivity (Wildman–Crippen MR) is 134 cm³/mol. The zero-order valence-corrected chi connectivity index (χ0v) is 19.3. The lowest BCUT2D eigenvalue weighted by atomic mass is 9.74. The van der Waals surface area contributed by atoms with Gasteiger partial charge in [-0.25, -0.2) is 0 Å². The average Bonchev–Trinajstić information content (AvgIpc) is 3.35. The van der Waals surface area contributed by atoms with Gasteiger partial charge in [-0.15, -0.1) is 0 Å². The topological polar surface area (TPSA) is 32.3 Å². The molecule has 1 spiro atoms. The van der Waals surface area contributed by atoms with E-state index in [9.17, 15) is 4.79 Å². The normalized spacial score (nSPS) is 28.7. The third-order valence-corrected chi connectivity index (χ3v) is 8.70. The lowest BCUT2D eigenvalue weighted by molar-refractivity contribution is -0.116. The molecule has 3 atom stereocenters. The van der Waals surface area contributed by atoms with E-state index in [1.807, 2.05) is 0 Å². The Balaban J connectivity index is 0.00000136. The first-order valence-corrected chi connectivity index (χ1v) is 12.7. The van der Waals surface area contributed by atoms with E-state index in [1.165, 1.54) is 31.4 Å². The number of allylic oxidation sites excluding steroid dienone is 3. The number of nitrogens with one attached hydrogen (secondary N) is 1. The Hall–Kier alpha value is -1.87. The molecule has 3 heteroatoms. The van der Waals surface area contributed by atoms with Crippen molar-refractivity contribution in [1.29, 1.82) is 0 Å². The molecule has 31 heavy (non-hydrogen) atoms. The van der Waals surface area contributed by atoms with Crippen LogP contribution in [-0.4, -0.2) is 36.5 Å². The summed E-state index contributed by atoms with van der Waals surface area (Å²) in [6.07, 6.45) is 15.7. The summed E-state index contributed by atoms with van der Waals surface area (Å²) >= 11 is 0. The van der Waals surface area contributed by atoms with Crippen LogP contribution in [0.2, 0.25) is 0 Å². The van der Waals surface area contributed by atoms with Crippen molar-refractivity contribution in [3.63, 3.8) is 0 Å². The summed E-state index contributed by atoms with van der Waals surface area (Å²) in [5, 5.41) is 3.28. The van der Waals surface area contributed by atoms with E-state index in [2.05, 4.69) is 66.6 Å². The van der Waals surface area contributed by atoms with E-state index in [-0.39, 0.29) is 21.6 Å². The Morgan fingerprint density at radius 2 is 1.94 bits per heavy atom. The minimum absolute atomic E-state index is 0. The number of likely N-dealkylation sites (tertiary alicyclic amines) is 1. The van der Waals surface area contributed by atoms with Crippen LogP contribution in [-0.2, 0) is 10.2 Å². The summed E-state index contributed by atoms with van der Waals surface area (Å²) in [5.74, 6) is 2.65. The summed E-state index contributed by atoms with van der Waals surface area (Å²) in [6.45, 7) is 7.84. The van der Waals surface area contributed by atoms with Gasteiger partial charge in [0.2, 0.25) is 0 Å². The molecule has 1 aromatic rings. The van der Waals surface area contributed by atoms with Crippen LogP contribution in [0.15, 0.2) is 42.5 Å². The van der Waals surface area contributed by atoms with E-state index in [1.54, 1.807) is 0 Å². The molecular formula is C28H44N2O. The van der Waals surface area contributed by atoms with Gasteiger partial charge in [0, 0.05) is 27.9 Å². The molecule has 1 heterocycles. The summed E-state index contributed by atoms with van der Waals surface area (Å²) in [7, 11) is 0. The molecule has 2 fully saturated rings. The van der Waals surface area contributed by atoms with Gasteiger partial charge in [0.1, 0.15) is 0 Å². The summed E-state index contributed by atoms with van der Waals surface area (Å²) < 4.78 is 0. The Bertz CT molecular complexity index is 887. The van der Waals surface area contributed by atoms with Crippen molar-refractivity contribution >= 4 is 11.5 Å². The van der Waals surface area contributed by atoms with Crippen LogP contribution in [0.4, 0.5) is 0 Å². The van der Waals surface area contributed by atoms with Gasteiger partial charge in [-0.1, -0.05) is 56.3 Å². The minimum atomic E-state index is 0. The molecule has 0 radical (unpaired) electrons. The smallest absolute Gasteiger partial charge is 0.251 e. The molecule has 172 valence electrons. The number of benzene rings is 1. The van der Waals surface area contributed by atoms with Crippen LogP contribution >= 0.6 is 0 Å². The van der Waals surface area contributed by atoms with E-state index in [0.29, 0.717) is 0 Å². The lowest BCUT2D eigenvalue weighted by Crippen LogP contribution is -2.44. The van der Waals surface area contributed by atoms with Crippen LogP contribution in [0.5, 0.6) is 0 Å². The Morgan fingerprint density at radius 3 is 2.71 bits per heavy atom. The van der Waals surface area contributed by atoms with Crippen molar-refractivity contribution in [2.45, 2.75) is 70.3 Å². The molecular weight excluding hydrogens is 380 g/mol. The van der Waals surface area contributed by atoms with Gasteiger partial charge in [-0.3, -0.25) is 4.79 Å². The molecule has 3 aliphatic carbocycles. The van der Waals surface area contributed by atoms with Crippen LogP contribution in [0.1, 0.15) is 74.2 Å². The molecule has 2 bridgehead atoms. The van der Waals surface area contributed by atoms with E-state index in [4.69, 9.17) is 0 Å². The van der Waals surface area contributed by atoms with E-state index >= 15 is 0 Å². The number of nitrogens with zero attached hydrogens (tertiary/aromatic N) is 1. The van der Waals surface area contributed by atoms with Crippen molar-refractivity contribution in [1.82, 2.24) is 10.2 Å². The molecule has 2 unspecified atom stereocenters. The predicted octanol–water partition coefficient (Wildman–Crippen LogP) is 6.06. The number of amides is 1. The van der Waals surface area contributed by atoms with Gasteiger partial charge in [0.15, 0.2) is 0 Å². The van der Waals surface area contributed by atoms with Gasteiger partial charge in [-0.2, -0.15) is 0 Å². The molecule has 5 rings (SSSR count). The first kappa shape index (κ1) is 21.0. The van der Waals surface area contributed by atoms with E-state index < -0.39 is 0 Å². The number of carbonyl (C=O) groups excluding carboxylic acids is 1. The highest BCUT2D eigenvalue weighted by molar-refractivity contribution is 6.21. The van der Waals surface area contributed by atoms with Crippen molar-refractivity contribution in [2.75, 3.05) is 19.6 Å². The molecule has 3 nitrogen and oxygen atoms in total. The van der Waals surface area contributed by atoms with E-state index in [0.717, 1.165) is 67.7 Å². The summed E-state index contributed by atoms with van der Waals surface area (Å²) in [4.78, 5) is 15.9. The first-order valence-electron chi connectivity index (χ1n) is 12.7. The van der Waals surface area contributed by atoms with Crippen LogP contribution in [0.25, 0.3) is 5.57 Å². The zero-order valence-electron chi connectivity index (χ0n) is 19.3. The number of carbonyl (C=O) groups is 1. The molecule has 0 aromatic heterocycles. The van der Waals surface area contributed by atoms with Gasteiger partial charge >= 0.3 is 0 Å². The fourth-order valence-electron chi connectivity index (χ4n) is 6.65. The van der Waals surface area contributed by atoms with Crippen LogP contribution in [0.3, 0.4) is 0 Å². The summed E-state index contributed by atoms with van der Waals surface area (Å²) in [6, 6.07) is 8.91. The molecule has 1 N–H and O–H groups in total. The first-order chi connectivity index (χ1) is 15.1. The fraction of sp³-hybridized carbons (Fsp3) is 0.607. The number of fused-ring (bicyclic) bond motifs is 4. The maximum absolute atomic E-state index is 13.2. The molecule has 1 aromatic carbocycles. The third-order valence-electron chi connectivity index (χ3n) is 8.70. The number of hydrogen-bond donors (Lipinski definition) is 1. The monoisotopic (exact) mass is 424 g/mol. The highest BCUT2D eigenvalue weighted by atomic mass is 16.1. The number of piperidine rings is 1. The van der Waals surface area contributed by atoms with Gasteiger partial charge in [0.05, 0.1) is 0 Å². The number of rotatable bonds is 6. The van der Waals surface area contributed by atoms with Gasteiger partial charge in [-0.05, 0) is 86.9 Å². The standard InChI is InChI=1S/C28H38N2O.3H2/c1-3-23(4-2)29-27(31)25-18-28(26-8-6-5-7-24(25)26)13-15-30(16-14-28)19-22-12-10-20-9-11-21(22)17-20;;;/h5-9,11,18,20-23H,3-4,10,12-17,19H2,1-2H3,(H,29,31);3*1H/t20?,21?,22-;;;/m1.../s1. The Labute approximate surface area is 192 Å². The molecule has 1 saturated carbocycles. The largest absolute Gasteiger partial charge is 0.349 e. The minimum Gasteiger partial charge on any atom is -0.349 e. The SMILES string of the molecule is CCC(CC)NC(=O)C1=CC2(CCN(C[C@H]3CCC4C=CC3C4)CC2)c2ccccc21.[HH].[HH].[HH]. The molecule has 4 aliphatic rings. The Kier molecular flexibility index (Phi) is 5.81. The second kappa shape index (κ2) is 8.58. The van der Waals surface area contributed by atoms with Crippen molar-refractivity contribution in [3.8, 4) is 0 Å². The molecule has 1 saturated heterocycles. The highest BCUT2D eigenvalue weighted by Gasteiger charge is 2.43. The van der Waals surface area contributed by atoms with Crippen molar-refractivity contribution in [2.24, 2.45) is 17.8 Å². The number of hydrogen-bond acceptors (Lipinski definition) is 2. The van der Waals surface area contributed by atoms with Crippen molar-refractivity contribution < 1.29 is 9.07 Å². The van der Waals surface area contributed by atoms with Gasteiger partial charge in [0.25, 0.3) is 5.91 Å². The molecule has 1 aliphatic heterocycles. The third kappa shape index (κ3) is 3.91. The molecule has 1 amide bonds. The van der Waals surface area contributed by atoms with Crippen LogP contribution in [0, 0.1) is 17.8 Å². The summed E-state index contributed by atoms with van der Waals surface area (Å²) in [5.41, 5.74) is 3.49. The van der Waals surface area contributed by atoms with Crippen molar-refractivity contribution in [3.05, 3.63) is 53.6 Å². The quantitative estimate of drug-likeness (QED) is 0.563. The maximum Gasteiger partial charge on any atom is 0.251 e. The van der Waals surface area contributed by atoms with Crippen LogP contribution < -0.4 is 5.32 Å². The fourth-order valence-corrected chi connectivity index (χ4v) is 6.65. The lowest BCUT2D eigenvalue weighted by Gasteiger charge is -2.41.